The van der Waals surface area contributed by atoms with Crippen LogP contribution in [0.5, 0.6) is 11.5 Å². The third-order valence-electron chi connectivity index (χ3n) is 4.55. The highest BCUT2D eigenvalue weighted by molar-refractivity contribution is 5.80. The summed E-state index contributed by atoms with van der Waals surface area (Å²) < 4.78 is 12.3. The number of hydrogen-bond acceptors (Lipinski definition) is 4. The monoisotopic (exact) mass is 352 g/mol. The Morgan fingerprint density at radius 3 is 2.46 bits per heavy atom. The minimum absolute atomic E-state index is 0.0289. The third-order valence-corrected chi connectivity index (χ3v) is 4.55. The SMILES string of the molecule is COc1ccc(CNCc2cc3cc(C)ccc3n(C)c2=O)cc1OC. The summed E-state index contributed by atoms with van der Waals surface area (Å²) in [6.07, 6.45) is 0. The van der Waals surface area contributed by atoms with Crippen molar-refractivity contribution in [1.82, 2.24) is 9.88 Å². The minimum Gasteiger partial charge on any atom is -0.493 e. The van der Waals surface area contributed by atoms with Crippen LogP contribution in [0.1, 0.15) is 16.7 Å². The lowest BCUT2D eigenvalue weighted by Gasteiger charge is -2.12. The molecule has 0 spiro atoms. The molecule has 1 N–H and O–H groups in total. The molecule has 0 radical (unpaired) electrons. The van der Waals surface area contributed by atoms with E-state index in [0.717, 1.165) is 22.0 Å². The summed E-state index contributed by atoms with van der Waals surface area (Å²) in [5.41, 5.74) is 3.98. The molecule has 1 aromatic heterocycles. The summed E-state index contributed by atoms with van der Waals surface area (Å²) in [5.74, 6) is 1.40. The number of nitrogens with zero attached hydrogens (tertiary/aromatic N) is 1. The number of aromatic nitrogens is 1. The normalized spacial score (nSPS) is 10.9. The number of aryl methyl sites for hydroxylation is 2. The van der Waals surface area contributed by atoms with Crippen LogP contribution < -0.4 is 20.3 Å². The van der Waals surface area contributed by atoms with Crippen LogP contribution in [0.3, 0.4) is 0 Å². The standard InChI is InChI=1S/C21H24N2O3/c1-14-5-7-18-16(9-14)11-17(21(24)23(18)2)13-22-12-15-6-8-19(25-3)20(10-15)26-4/h5-11,22H,12-13H2,1-4H3. The van der Waals surface area contributed by atoms with Gasteiger partial charge in [0, 0.05) is 25.7 Å². The zero-order chi connectivity index (χ0) is 18.7. The van der Waals surface area contributed by atoms with E-state index in [2.05, 4.69) is 18.3 Å². The Morgan fingerprint density at radius 2 is 1.73 bits per heavy atom. The molecule has 2 aromatic carbocycles. The predicted molar refractivity (Wildman–Crippen MR) is 104 cm³/mol. The van der Waals surface area contributed by atoms with E-state index < -0.39 is 0 Å². The Bertz CT molecular complexity index is 992. The molecule has 0 amide bonds. The van der Waals surface area contributed by atoms with Gasteiger partial charge in [-0.25, -0.2) is 0 Å². The van der Waals surface area contributed by atoms with Gasteiger partial charge in [0.25, 0.3) is 5.56 Å². The zero-order valence-corrected chi connectivity index (χ0v) is 15.6. The first-order valence-electron chi connectivity index (χ1n) is 8.54. The van der Waals surface area contributed by atoms with Crippen LogP contribution in [0.15, 0.2) is 47.3 Å². The Hall–Kier alpha value is -2.79. The molecule has 0 aliphatic carbocycles. The van der Waals surface area contributed by atoms with Crippen molar-refractivity contribution in [2.24, 2.45) is 7.05 Å². The van der Waals surface area contributed by atoms with E-state index in [1.165, 1.54) is 5.56 Å². The van der Waals surface area contributed by atoms with Crippen molar-refractivity contribution < 1.29 is 9.47 Å². The first-order chi connectivity index (χ1) is 12.5. The summed E-state index contributed by atoms with van der Waals surface area (Å²) in [4.78, 5) is 12.6. The molecular formula is C21H24N2O3. The maximum absolute atomic E-state index is 12.6. The van der Waals surface area contributed by atoms with Crippen LogP contribution in [0.4, 0.5) is 0 Å². The lowest BCUT2D eigenvalue weighted by molar-refractivity contribution is 0.354. The Morgan fingerprint density at radius 1 is 0.962 bits per heavy atom. The lowest BCUT2D eigenvalue weighted by Crippen LogP contribution is -2.25. The van der Waals surface area contributed by atoms with Crippen molar-refractivity contribution in [3.8, 4) is 11.5 Å². The number of rotatable bonds is 6. The summed E-state index contributed by atoms with van der Waals surface area (Å²) >= 11 is 0. The minimum atomic E-state index is 0.0289. The van der Waals surface area contributed by atoms with Crippen LogP contribution in [-0.4, -0.2) is 18.8 Å². The molecule has 136 valence electrons. The first kappa shape index (κ1) is 18.0. The molecule has 0 aliphatic rings. The molecule has 0 fully saturated rings. The van der Waals surface area contributed by atoms with E-state index >= 15 is 0 Å². The maximum atomic E-state index is 12.6. The number of pyridine rings is 1. The summed E-state index contributed by atoms with van der Waals surface area (Å²) in [6, 6.07) is 13.9. The Labute approximate surface area is 153 Å². The summed E-state index contributed by atoms with van der Waals surface area (Å²) in [7, 11) is 5.06. The van der Waals surface area contributed by atoms with Crippen molar-refractivity contribution >= 4 is 10.9 Å². The van der Waals surface area contributed by atoms with E-state index in [0.29, 0.717) is 24.6 Å². The van der Waals surface area contributed by atoms with Gasteiger partial charge in [-0.05, 0) is 48.2 Å². The molecule has 0 atom stereocenters. The molecule has 0 aliphatic heterocycles. The highest BCUT2D eigenvalue weighted by Crippen LogP contribution is 2.27. The fourth-order valence-corrected chi connectivity index (χ4v) is 3.13. The van der Waals surface area contributed by atoms with Gasteiger partial charge < -0.3 is 19.4 Å². The maximum Gasteiger partial charge on any atom is 0.255 e. The molecule has 3 rings (SSSR count). The van der Waals surface area contributed by atoms with Gasteiger partial charge in [-0.3, -0.25) is 4.79 Å². The molecule has 0 unspecified atom stereocenters. The molecule has 26 heavy (non-hydrogen) atoms. The molecule has 5 heteroatoms. The fraction of sp³-hybridized carbons (Fsp3) is 0.286. The predicted octanol–water partition coefficient (Wildman–Crippen LogP) is 3.15. The van der Waals surface area contributed by atoms with E-state index in [9.17, 15) is 4.79 Å². The second-order valence-electron chi connectivity index (χ2n) is 6.39. The van der Waals surface area contributed by atoms with Crippen LogP contribution in [0.25, 0.3) is 10.9 Å². The van der Waals surface area contributed by atoms with Crippen LogP contribution >= 0.6 is 0 Å². The van der Waals surface area contributed by atoms with Crippen molar-refractivity contribution in [3.63, 3.8) is 0 Å². The fourth-order valence-electron chi connectivity index (χ4n) is 3.13. The number of hydrogen-bond donors (Lipinski definition) is 1. The van der Waals surface area contributed by atoms with Crippen LogP contribution in [0, 0.1) is 6.92 Å². The van der Waals surface area contributed by atoms with Gasteiger partial charge in [-0.2, -0.15) is 0 Å². The topological polar surface area (TPSA) is 52.5 Å². The summed E-state index contributed by atoms with van der Waals surface area (Å²) in [6.45, 7) is 3.19. The first-order valence-corrected chi connectivity index (χ1v) is 8.54. The van der Waals surface area contributed by atoms with E-state index in [-0.39, 0.29) is 5.56 Å². The second-order valence-corrected chi connectivity index (χ2v) is 6.39. The smallest absolute Gasteiger partial charge is 0.255 e. The largest absolute Gasteiger partial charge is 0.493 e. The van der Waals surface area contributed by atoms with Gasteiger partial charge in [0.2, 0.25) is 0 Å². The van der Waals surface area contributed by atoms with E-state index in [1.807, 2.05) is 43.4 Å². The quantitative estimate of drug-likeness (QED) is 0.740. The molecule has 5 nitrogen and oxygen atoms in total. The average molecular weight is 352 g/mol. The van der Waals surface area contributed by atoms with Crippen molar-refractivity contribution in [1.29, 1.82) is 0 Å². The lowest BCUT2D eigenvalue weighted by atomic mass is 10.1. The summed E-state index contributed by atoms with van der Waals surface area (Å²) in [5, 5.41) is 4.42. The zero-order valence-electron chi connectivity index (χ0n) is 15.6. The third kappa shape index (κ3) is 3.58. The van der Waals surface area contributed by atoms with E-state index in [4.69, 9.17) is 9.47 Å². The molecule has 3 aromatic rings. The highest BCUT2D eigenvalue weighted by Gasteiger charge is 2.08. The highest BCUT2D eigenvalue weighted by atomic mass is 16.5. The molecule has 0 saturated heterocycles. The second kappa shape index (κ2) is 7.62. The number of nitrogens with one attached hydrogen (secondary N) is 1. The van der Waals surface area contributed by atoms with Gasteiger partial charge in [-0.1, -0.05) is 17.7 Å². The number of benzene rings is 2. The Kier molecular flexibility index (Phi) is 5.28. The van der Waals surface area contributed by atoms with Crippen LogP contribution in [0.2, 0.25) is 0 Å². The van der Waals surface area contributed by atoms with Crippen molar-refractivity contribution in [2.75, 3.05) is 14.2 Å². The van der Waals surface area contributed by atoms with Gasteiger partial charge in [0.05, 0.1) is 19.7 Å². The van der Waals surface area contributed by atoms with E-state index in [1.54, 1.807) is 18.8 Å². The van der Waals surface area contributed by atoms with Gasteiger partial charge in [-0.15, -0.1) is 0 Å². The van der Waals surface area contributed by atoms with Gasteiger partial charge in [0.15, 0.2) is 11.5 Å². The molecule has 0 bridgehead atoms. The molecule has 0 saturated carbocycles. The number of methoxy groups -OCH3 is 2. The number of ether oxygens (including phenoxy) is 2. The molecular weight excluding hydrogens is 328 g/mol. The van der Waals surface area contributed by atoms with Crippen molar-refractivity contribution in [2.45, 2.75) is 20.0 Å². The van der Waals surface area contributed by atoms with Gasteiger partial charge >= 0.3 is 0 Å². The van der Waals surface area contributed by atoms with Crippen LogP contribution in [-0.2, 0) is 20.1 Å². The van der Waals surface area contributed by atoms with Gasteiger partial charge in [0.1, 0.15) is 0 Å². The number of fused-ring (bicyclic) bond motifs is 1. The molecule has 1 heterocycles. The van der Waals surface area contributed by atoms with Crippen molar-refractivity contribution in [3.05, 3.63) is 69.5 Å². The average Bonchev–Trinajstić information content (AvgIpc) is 2.65. The Balaban J connectivity index is 1.78.